The van der Waals surface area contributed by atoms with E-state index in [1.807, 2.05) is 0 Å². The molecule has 1 aromatic carbocycles. The minimum Gasteiger partial charge on any atom is -0.399 e. The van der Waals surface area contributed by atoms with Gasteiger partial charge in [-0.05, 0) is 37.6 Å². The average molecular weight is 242 g/mol. The fourth-order valence-electron chi connectivity index (χ4n) is 1.32. The molecule has 0 radical (unpaired) electrons. The topological polar surface area (TPSA) is 81.1 Å². The molecule has 16 heavy (non-hydrogen) atoms. The fourth-order valence-corrected chi connectivity index (χ4v) is 1.56. The third-order valence-corrected chi connectivity index (χ3v) is 2.32. The normalized spacial score (nSPS) is 10.1. The number of halogens is 1. The zero-order valence-corrected chi connectivity index (χ0v) is 9.76. The number of unbranched alkanes of at least 4 members (excludes halogenated alkanes) is 1. The van der Waals surface area contributed by atoms with Gasteiger partial charge in [0.05, 0.1) is 0 Å². The van der Waals surface area contributed by atoms with E-state index in [2.05, 4.69) is 5.32 Å². The molecular formula is C11H16ClN3O. The van der Waals surface area contributed by atoms with Crippen LogP contribution in [0, 0.1) is 0 Å². The molecule has 0 atom stereocenters. The minimum atomic E-state index is -0.161. The van der Waals surface area contributed by atoms with Gasteiger partial charge in [-0.1, -0.05) is 11.6 Å². The number of benzene rings is 1. The molecule has 1 aromatic rings. The molecule has 0 bridgehead atoms. The Balaban J connectivity index is 2.52. The maximum atomic E-state index is 11.7. The summed E-state index contributed by atoms with van der Waals surface area (Å²) in [5, 5.41) is 3.24. The second-order valence-corrected chi connectivity index (χ2v) is 3.96. The van der Waals surface area contributed by atoms with Crippen LogP contribution in [-0.4, -0.2) is 19.0 Å². The largest absolute Gasteiger partial charge is 0.399 e. The van der Waals surface area contributed by atoms with Crippen molar-refractivity contribution in [3.63, 3.8) is 0 Å². The highest BCUT2D eigenvalue weighted by atomic mass is 35.5. The van der Waals surface area contributed by atoms with E-state index < -0.39 is 0 Å². The first-order valence-corrected chi connectivity index (χ1v) is 5.55. The summed E-state index contributed by atoms with van der Waals surface area (Å²) in [5.74, 6) is -0.161. The van der Waals surface area contributed by atoms with Crippen LogP contribution in [0.25, 0.3) is 0 Å². The van der Waals surface area contributed by atoms with Crippen molar-refractivity contribution >= 4 is 23.2 Å². The van der Waals surface area contributed by atoms with Crippen molar-refractivity contribution in [1.82, 2.24) is 5.32 Å². The van der Waals surface area contributed by atoms with Gasteiger partial charge in [0.2, 0.25) is 0 Å². The van der Waals surface area contributed by atoms with Gasteiger partial charge >= 0.3 is 0 Å². The monoisotopic (exact) mass is 241 g/mol. The molecule has 0 saturated carbocycles. The predicted molar refractivity (Wildman–Crippen MR) is 66.5 cm³/mol. The van der Waals surface area contributed by atoms with Gasteiger partial charge in [-0.25, -0.2) is 0 Å². The van der Waals surface area contributed by atoms with Crippen LogP contribution in [-0.2, 0) is 0 Å². The summed E-state index contributed by atoms with van der Waals surface area (Å²) < 4.78 is 0. The van der Waals surface area contributed by atoms with Crippen LogP contribution < -0.4 is 16.8 Å². The van der Waals surface area contributed by atoms with Gasteiger partial charge < -0.3 is 16.8 Å². The molecule has 0 heterocycles. The summed E-state index contributed by atoms with van der Waals surface area (Å²) in [6.07, 6.45) is 1.77. The Kier molecular flexibility index (Phi) is 5.08. The molecule has 0 aliphatic heterocycles. The van der Waals surface area contributed by atoms with Crippen molar-refractivity contribution in [2.45, 2.75) is 12.8 Å². The van der Waals surface area contributed by atoms with E-state index in [0.717, 1.165) is 12.8 Å². The molecule has 0 aliphatic carbocycles. The Labute approximate surface area is 100.0 Å². The molecule has 1 rings (SSSR count). The van der Waals surface area contributed by atoms with Crippen LogP contribution in [0.1, 0.15) is 23.2 Å². The first-order chi connectivity index (χ1) is 7.63. The SMILES string of the molecule is NCCCCNC(=O)c1cc(N)cc(Cl)c1. The van der Waals surface area contributed by atoms with E-state index in [1.165, 1.54) is 0 Å². The lowest BCUT2D eigenvalue weighted by Gasteiger charge is -2.06. The van der Waals surface area contributed by atoms with Crippen LogP contribution in [0.2, 0.25) is 5.02 Å². The lowest BCUT2D eigenvalue weighted by Crippen LogP contribution is -2.24. The molecule has 0 unspecified atom stereocenters. The van der Waals surface area contributed by atoms with Crippen LogP contribution in [0.3, 0.4) is 0 Å². The highest BCUT2D eigenvalue weighted by Crippen LogP contribution is 2.16. The summed E-state index contributed by atoms with van der Waals surface area (Å²) in [7, 11) is 0. The van der Waals surface area contributed by atoms with Crippen LogP contribution in [0.4, 0.5) is 5.69 Å². The molecule has 5 N–H and O–H groups in total. The Hall–Kier alpha value is -1.26. The van der Waals surface area contributed by atoms with Crippen LogP contribution in [0.5, 0.6) is 0 Å². The average Bonchev–Trinajstić information content (AvgIpc) is 2.22. The molecule has 5 heteroatoms. The molecular weight excluding hydrogens is 226 g/mol. The lowest BCUT2D eigenvalue weighted by molar-refractivity contribution is 0.0953. The fraction of sp³-hybridized carbons (Fsp3) is 0.364. The highest BCUT2D eigenvalue weighted by molar-refractivity contribution is 6.31. The first-order valence-electron chi connectivity index (χ1n) is 5.18. The van der Waals surface area contributed by atoms with Crippen molar-refractivity contribution in [1.29, 1.82) is 0 Å². The summed E-state index contributed by atoms with van der Waals surface area (Å²) in [4.78, 5) is 11.7. The molecule has 4 nitrogen and oxygen atoms in total. The number of carbonyl (C=O) groups is 1. The summed E-state index contributed by atoms with van der Waals surface area (Å²) in [5.41, 5.74) is 11.9. The van der Waals surface area contributed by atoms with Crippen molar-refractivity contribution in [3.05, 3.63) is 28.8 Å². The van der Waals surface area contributed by atoms with E-state index in [-0.39, 0.29) is 5.91 Å². The maximum absolute atomic E-state index is 11.7. The summed E-state index contributed by atoms with van der Waals surface area (Å²) in [6, 6.07) is 4.80. The van der Waals surface area contributed by atoms with Crippen molar-refractivity contribution in [2.75, 3.05) is 18.8 Å². The lowest BCUT2D eigenvalue weighted by atomic mass is 10.2. The number of carbonyl (C=O) groups excluding carboxylic acids is 1. The van der Waals surface area contributed by atoms with E-state index in [9.17, 15) is 4.79 Å². The zero-order chi connectivity index (χ0) is 12.0. The Morgan fingerprint density at radius 3 is 2.69 bits per heavy atom. The van der Waals surface area contributed by atoms with Crippen molar-refractivity contribution < 1.29 is 4.79 Å². The van der Waals surface area contributed by atoms with Gasteiger partial charge in [0.1, 0.15) is 0 Å². The Morgan fingerprint density at radius 1 is 1.31 bits per heavy atom. The van der Waals surface area contributed by atoms with Crippen molar-refractivity contribution in [2.24, 2.45) is 5.73 Å². The van der Waals surface area contributed by atoms with Gasteiger partial charge in [0, 0.05) is 22.8 Å². The van der Waals surface area contributed by atoms with Gasteiger partial charge in [-0.15, -0.1) is 0 Å². The maximum Gasteiger partial charge on any atom is 0.251 e. The standard InChI is InChI=1S/C11H16ClN3O/c12-9-5-8(6-10(14)7-9)11(16)15-4-2-1-3-13/h5-7H,1-4,13-14H2,(H,15,16). The van der Waals surface area contributed by atoms with Gasteiger partial charge in [-0.2, -0.15) is 0 Å². The number of hydrogen-bond acceptors (Lipinski definition) is 3. The molecule has 0 aromatic heterocycles. The second kappa shape index (κ2) is 6.35. The zero-order valence-electron chi connectivity index (χ0n) is 9.00. The highest BCUT2D eigenvalue weighted by Gasteiger charge is 2.06. The Bertz CT molecular complexity index is 348. The Morgan fingerprint density at radius 2 is 2.06 bits per heavy atom. The van der Waals surface area contributed by atoms with E-state index >= 15 is 0 Å². The molecule has 0 saturated heterocycles. The van der Waals surface area contributed by atoms with E-state index in [0.29, 0.717) is 29.4 Å². The molecule has 88 valence electrons. The molecule has 1 amide bonds. The second-order valence-electron chi connectivity index (χ2n) is 3.52. The molecule has 0 spiro atoms. The minimum absolute atomic E-state index is 0.161. The van der Waals surface area contributed by atoms with Crippen molar-refractivity contribution in [3.8, 4) is 0 Å². The number of nitrogen functional groups attached to an aromatic ring is 1. The number of nitrogens with one attached hydrogen (secondary N) is 1. The van der Waals surface area contributed by atoms with E-state index in [1.54, 1.807) is 18.2 Å². The molecule has 0 aliphatic rings. The summed E-state index contributed by atoms with van der Waals surface area (Å²) >= 11 is 5.80. The third kappa shape index (κ3) is 4.08. The quantitative estimate of drug-likeness (QED) is 0.538. The number of nitrogens with two attached hydrogens (primary N) is 2. The first kappa shape index (κ1) is 12.8. The number of rotatable bonds is 5. The number of amides is 1. The van der Waals surface area contributed by atoms with Crippen LogP contribution >= 0.6 is 11.6 Å². The predicted octanol–water partition coefficient (Wildman–Crippen LogP) is 1.39. The number of anilines is 1. The van der Waals surface area contributed by atoms with Gasteiger partial charge in [0.25, 0.3) is 5.91 Å². The smallest absolute Gasteiger partial charge is 0.251 e. The van der Waals surface area contributed by atoms with Crippen LogP contribution in [0.15, 0.2) is 18.2 Å². The van der Waals surface area contributed by atoms with Gasteiger partial charge in [0.15, 0.2) is 0 Å². The molecule has 0 fully saturated rings. The number of hydrogen-bond donors (Lipinski definition) is 3. The van der Waals surface area contributed by atoms with Gasteiger partial charge in [-0.3, -0.25) is 4.79 Å². The van der Waals surface area contributed by atoms with E-state index in [4.69, 9.17) is 23.1 Å². The summed E-state index contributed by atoms with van der Waals surface area (Å²) in [6.45, 7) is 1.25. The third-order valence-electron chi connectivity index (χ3n) is 2.10.